The van der Waals surface area contributed by atoms with Crippen molar-refractivity contribution in [3.05, 3.63) is 0 Å². The maximum absolute atomic E-state index is 11.2. The number of carbonyl (C=O) groups is 1. The van der Waals surface area contributed by atoms with Crippen molar-refractivity contribution < 1.29 is 15.7 Å². The zero-order chi connectivity index (χ0) is 16.1. The van der Waals surface area contributed by atoms with Gasteiger partial charge in [-0.15, -0.1) is 0 Å². The fourth-order valence-corrected chi connectivity index (χ4v) is 1.17. The van der Waals surface area contributed by atoms with Crippen LogP contribution in [-0.2, 0) is 14.3 Å². The number of hydrogen-bond donors (Lipinski definition) is 1. The predicted molar refractivity (Wildman–Crippen MR) is 89.3 cm³/mol. The van der Waals surface area contributed by atoms with E-state index in [-0.39, 0.29) is 7.33 Å². The first-order valence-electron chi connectivity index (χ1n) is 8.23. The highest BCUT2D eigenvalue weighted by Gasteiger charge is 1.99. The van der Waals surface area contributed by atoms with Gasteiger partial charge in [0.15, 0.2) is 0 Å². The van der Waals surface area contributed by atoms with E-state index in [2.05, 4.69) is 5.32 Å². The first-order valence-corrected chi connectivity index (χ1v) is 8.23. The molecule has 4 heteroatoms. The van der Waals surface area contributed by atoms with Crippen LogP contribution in [0.4, 0.5) is 0 Å². The van der Waals surface area contributed by atoms with Crippen LogP contribution in [0.5, 0.6) is 0 Å². The molecule has 1 amide bonds. The maximum atomic E-state index is 11.2. The Labute approximate surface area is 128 Å². The molecule has 0 aliphatic heterocycles. The summed E-state index contributed by atoms with van der Waals surface area (Å²) in [5.74, 6) is 0.0798. The molecule has 0 saturated carbocycles. The van der Waals surface area contributed by atoms with Crippen molar-refractivity contribution in [2.45, 2.75) is 67.2 Å². The molecule has 0 aromatic heterocycles. The van der Waals surface area contributed by atoms with Gasteiger partial charge in [-0.1, -0.05) is 34.6 Å². The molecule has 0 spiro atoms. The van der Waals surface area contributed by atoms with Crippen molar-refractivity contribution in [2.75, 3.05) is 33.0 Å². The summed E-state index contributed by atoms with van der Waals surface area (Å²) in [7, 11) is 0. The topological polar surface area (TPSA) is 47.6 Å². The van der Waals surface area contributed by atoms with E-state index in [4.69, 9.17) is 9.47 Å². The molecule has 0 bridgehead atoms. The zero-order valence-corrected chi connectivity index (χ0v) is 14.6. The molecular formula is C16H39NO3. The van der Waals surface area contributed by atoms with Gasteiger partial charge in [0.05, 0.1) is 6.61 Å². The summed E-state index contributed by atoms with van der Waals surface area (Å²) in [6, 6.07) is 0. The largest absolute Gasteiger partial charge is 0.382 e. The quantitative estimate of drug-likeness (QED) is 0.585. The van der Waals surface area contributed by atoms with E-state index in [9.17, 15) is 4.79 Å². The Bertz CT molecular complexity index is 170. The van der Waals surface area contributed by atoms with Gasteiger partial charge < -0.3 is 14.8 Å². The van der Waals surface area contributed by atoms with Crippen LogP contribution < -0.4 is 5.32 Å². The SMILES string of the molecule is CC.CC.CCCNC(=O)CCOCCCCOCC.[HH]. The summed E-state index contributed by atoms with van der Waals surface area (Å²) in [5.41, 5.74) is 0. The van der Waals surface area contributed by atoms with E-state index in [1.54, 1.807) is 0 Å². The van der Waals surface area contributed by atoms with Crippen molar-refractivity contribution in [2.24, 2.45) is 0 Å². The molecule has 0 aliphatic rings. The first kappa shape index (κ1) is 24.4. The lowest BCUT2D eigenvalue weighted by molar-refractivity contribution is -0.122. The Morgan fingerprint density at radius 3 is 2.00 bits per heavy atom. The predicted octanol–water partition coefficient (Wildman–Crippen LogP) is 4.03. The van der Waals surface area contributed by atoms with Gasteiger partial charge >= 0.3 is 0 Å². The van der Waals surface area contributed by atoms with Crippen molar-refractivity contribution in [1.82, 2.24) is 5.32 Å². The molecule has 0 saturated heterocycles. The molecule has 4 nitrogen and oxygen atoms in total. The van der Waals surface area contributed by atoms with Crippen LogP contribution >= 0.6 is 0 Å². The highest BCUT2D eigenvalue weighted by molar-refractivity contribution is 5.75. The lowest BCUT2D eigenvalue weighted by atomic mass is 10.3. The van der Waals surface area contributed by atoms with E-state index < -0.39 is 0 Å². The molecule has 0 unspecified atom stereocenters. The van der Waals surface area contributed by atoms with Crippen molar-refractivity contribution >= 4 is 5.91 Å². The van der Waals surface area contributed by atoms with E-state index in [0.29, 0.717) is 19.6 Å². The molecule has 0 atom stereocenters. The molecule has 0 radical (unpaired) electrons. The Hall–Kier alpha value is -0.610. The molecule has 1 N–H and O–H groups in total. The second kappa shape index (κ2) is 26.9. The molecule has 126 valence electrons. The molecule has 0 aromatic carbocycles. The highest BCUT2D eigenvalue weighted by Crippen LogP contribution is 1.92. The van der Waals surface area contributed by atoms with Gasteiger partial charge in [-0.25, -0.2) is 0 Å². The Morgan fingerprint density at radius 1 is 0.950 bits per heavy atom. The van der Waals surface area contributed by atoms with Crippen LogP contribution in [0.3, 0.4) is 0 Å². The normalized spacial score (nSPS) is 8.90. The summed E-state index contributed by atoms with van der Waals surface area (Å²) in [6.45, 7) is 15.6. The van der Waals surface area contributed by atoms with Gasteiger partial charge in [0.1, 0.15) is 0 Å². The van der Waals surface area contributed by atoms with E-state index in [0.717, 1.165) is 39.0 Å². The third-order valence-corrected chi connectivity index (χ3v) is 2.08. The summed E-state index contributed by atoms with van der Waals surface area (Å²) in [6.07, 6.45) is 3.46. The number of carbonyl (C=O) groups excluding carboxylic acids is 1. The van der Waals surface area contributed by atoms with Crippen molar-refractivity contribution in [3.63, 3.8) is 0 Å². The Kier molecular flexibility index (Phi) is 32.8. The number of rotatable bonds is 11. The number of hydrogen-bond acceptors (Lipinski definition) is 3. The number of unbranched alkanes of at least 4 members (excludes halogenated alkanes) is 1. The summed E-state index contributed by atoms with van der Waals surface area (Å²) in [5, 5.41) is 2.81. The lowest BCUT2D eigenvalue weighted by Gasteiger charge is -2.05. The van der Waals surface area contributed by atoms with Crippen molar-refractivity contribution in [1.29, 1.82) is 0 Å². The summed E-state index contributed by atoms with van der Waals surface area (Å²) in [4.78, 5) is 11.2. The Balaban J connectivity index is -0.000000264. The maximum Gasteiger partial charge on any atom is 0.222 e. The molecule has 0 aromatic rings. The Morgan fingerprint density at radius 2 is 1.50 bits per heavy atom. The van der Waals surface area contributed by atoms with Gasteiger partial charge in [-0.2, -0.15) is 0 Å². The van der Waals surface area contributed by atoms with Gasteiger partial charge in [-0.3, -0.25) is 4.79 Å². The van der Waals surface area contributed by atoms with Crippen LogP contribution in [-0.4, -0.2) is 38.9 Å². The fraction of sp³-hybridized carbons (Fsp3) is 0.938. The average molecular weight is 293 g/mol. The lowest BCUT2D eigenvalue weighted by Crippen LogP contribution is -2.25. The standard InChI is InChI=1S/C12H25NO3.2C2H6.H2/c1-3-8-13-12(14)7-11-16-10-6-5-9-15-4-2;2*1-2;/h3-11H2,1-2H3,(H,13,14);2*1-2H3;1H. The van der Waals surface area contributed by atoms with Crippen LogP contribution in [0.25, 0.3) is 0 Å². The minimum atomic E-state index is 0. The highest BCUT2D eigenvalue weighted by atomic mass is 16.5. The van der Waals surface area contributed by atoms with Crippen molar-refractivity contribution in [3.8, 4) is 0 Å². The van der Waals surface area contributed by atoms with Crippen LogP contribution in [0.2, 0.25) is 0 Å². The third kappa shape index (κ3) is 26.1. The third-order valence-electron chi connectivity index (χ3n) is 2.08. The van der Waals surface area contributed by atoms with E-state index >= 15 is 0 Å². The summed E-state index contributed by atoms with van der Waals surface area (Å²) < 4.78 is 10.6. The number of ether oxygens (including phenoxy) is 2. The number of amides is 1. The van der Waals surface area contributed by atoms with Crippen LogP contribution in [0, 0.1) is 0 Å². The number of nitrogens with one attached hydrogen (secondary N) is 1. The smallest absolute Gasteiger partial charge is 0.222 e. The van der Waals surface area contributed by atoms with Crippen LogP contribution in [0.1, 0.15) is 68.7 Å². The molecule has 0 rings (SSSR count). The fourth-order valence-electron chi connectivity index (χ4n) is 1.17. The molecule has 0 aliphatic carbocycles. The second-order valence-corrected chi connectivity index (χ2v) is 3.62. The monoisotopic (exact) mass is 293 g/mol. The average Bonchev–Trinajstić information content (AvgIpc) is 2.52. The van der Waals surface area contributed by atoms with Gasteiger partial charge in [0.2, 0.25) is 5.91 Å². The minimum Gasteiger partial charge on any atom is -0.382 e. The molecular weight excluding hydrogens is 254 g/mol. The van der Waals surface area contributed by atoms with Gasteiger partial charge in [-0.05, 0) is 26.2 Å². The summed E-state index contributed by atoms with van der Waals surface area (Å²) >= 11 is 0. The second-order valence-electron chi connectivity index (χ2n) is 3.62. The molecule has 0 fully saturated rings. The zero-order valence-electron chi connectivity index (χ0n) is 14.6. The van der Waals surface area contributed by atoms with E-state index in [1.165, 1.54) is 0 Å². The van der Waals surface area contributed by atoms with Crippen LogP contribution in [0.15, 0.2) is 0 Å². The molecule has 0 heterocycles. The first-order chi connectivity index (χ1) is 9.81. The molecule has 20 heavy (non-hydrogen) atoms. The van der Waals surface area contributed by atoms with Gasteiger partial charge in [0, 0.05) is 34.2 Å². The van der Waals surface area contributed by atoms with Gasteiger partial charge in [0.25, 0.3) is 0 Å². The van der Waals surface area contributed by atoms with E-state index in [1.807, 2.05) is 41.5 Å². The minimum absolute atomic E-state index is 0.